The minimum Gasteiger partial charge on any atom is -0.497 e. The molecule has 3 rings (SSSR count). The average Bonchev–Trinajstić information content (AvgIpc) is 3.22. The van der Waals surface area contributed by atoms with Crippen LogP contribution in [-0.4, -0.2) is 27.8 Å². The SMILES string of the molecule is COc1ccc(-c2csc(NC(=O)/C=C/c3cnn(C)c3)n2)cc1. The molecule has 0 saturated carbocycles. The van der Waals surface area contributed by atoms with E-state index in [1.807, 2.05) is 42.9 Å². The first kappa shape index (κ1) is 15.9. The highest BCUT2D eigenvalue weighted by Crippen LogP contribution is 2.26. The molecule has 0 bridgehead atoms. The number of ether oxygens (including phenoxy) is 1. The van der Waals surface area contributed by atoms with E-state index in [-0.39, 0.29) is 5.91 Å². The van der Waals surface area contributed by atoms with Crippen LogP contribution in [0, 0.1) is 0 Å². The summed E-state index contributed by atoms with van der Waals surface area (Å²) in [6, 6.07) is 7.62. The number of thiazole rings is 1. The summed E-state index contributed by atoms with van der Waals surface area (Å²) in [6.07, 6.45) is 6.69. The zero-order valence-corrected chi connectivity index (χ0v) is 14.1. The van der Waals surface area contributed by atoms with Crippen LogP contribution in [-0.2, 0) is 11.8 Å². The van der Waals surface area contributed by atoms with E-state index in [1.165, 1.54) is 17.4 Å². The second kappa shape index (κ2) is 7.10. The Morgan fingerprint density at radius 2 is 2.12 bits per heavy atom. The Morgan fingerprint density at radius 1 is 1.33 bits per heavy atom. The molecule has 24 heavy (non-hydrogen) atoms. The molecule has 1 N–H and O–H groups in total. The maximum absolute atomic E-state index is 11.9. The van der Waals surface area contributed by atoms with Crippen molar-refractivity contribution in [2.24, 2.45) is 7.05 Å². The summed E-state index contributed by atoms with van der Waals surface area (Å²) in [5, 5.41) is 9.27. The third-order valence-corrected chi connectivity index (χ3v) is 4.03. The second-order valence-electron chi connectivity index (χ2n) is 5.04. The number of hydrogen-bond donors (Lipinski definition) is 1. The topological polar surface area (TPSA) is 69.0 Å². The molecule has 6 nitrogen and oxygen atoms in total. The van der Waals surface area contributed by atoms with E-state index in [0.717, 1.165) is 22.6 Å². The Kier molecular flexibility index (Phi) is 4.72. The van der Waals surface area contributed by atoms with Gasteiger partial charge in [0.25, 0.3) is 0 Å². The third-order valence-electron chi connectivity index (χ3n) is 3.27. The monoisotopic (exact) mass is 340 g/mol. The highest BCUT2D eigenvalue weighted by Gasteiger charge is 2.06. The quantitative estimate of drug-likeness (QED) is 0.724. The number of rotatable bonds is 5. The summed E-state index contributed by atoms with van der Waals surface area (Å²) in [5.74, 6) is 0.567. The number of nitrogens with zero attached hydrogens (tertiary/aromatic N) is 3. The molecule has 0 aliphatic heterocycles. The van der Waals surface area contributed by atoms with Gasteiger partial charge in [0, 0.05) is 35.8 Å². The van der Waals surface area contributed by atoms with E-state index >= 15 is 0 Å². The molecule has 2 aromatic heterocycles. The van der Waals surface area contributed by atoms with Gasteiger partial charge in [0.15, 0.2) is 5.13 Å². The summed E-state index contributed by atoms with van der Waals surface area (Å²) >= 11 is 1.38. The van der Waals surface area contributed by atoms with E-state index in [1.54, 1.807) is 24.1 Å². The van der Waals surface area contributed by atoms with Gasteiger partial charge in [-0.25, -0.2) is 4.98 Å². The zero-order valence-electron chi connectivity index (χ0n) is 13.3. The number of benzene rings is 1. The van der Waals surface area contributed by atoms with Gasteiger partial charge in [0.1, 0.15) is 5.75 Å². The molecule has 7 heteroatoms. The van der Waals surface area contributed by atoms with Crippen LogP contribution in [0.15, 0.2) is 48.1 Å². The Labute approximate surface area is 143 Å². The highest BCUT2D eigenvalue weighted by molar-refractivity contribution is 7.14. The van der Waals surface area contributed by atoms with Crippen molar-refractivity contribution in [3.05, 3.63) is 53.7 Å². The number of amides is 1. The Bertz CT molecular complexity index is 865. The van der Waals surface area contributed by atoms with Gasteiger partial charge in [-0.05, 0) is 30.3 Å². The van der Waals surface area contributed by atoms with Crippen molar-refractivity contribution < 1.29 is 9.53 Å². The lowest BCUT2D eigenvalue weighted by Gasteiger charge is -2.00. The van der Waals surface area contributed by atoms with Crippen molar-refractivity contribution >= 4 is 28.5 Å². The molecule has 0 atom stereocenters. The lowest BCUT2D eigenvalue weighted by Crippen LogP contribution is -2.07. The molecule has 0 aliphatic rings. The maximum atomic E-state index is 11.9. The van der Waals surface area contributed by atoms with Crippen molar-refractivity contribution in [1.82, 2.24) is 14.8 Å². The zero-order chi connectivity index (χ0) is 16.9. The van der Waals surface area contributed by atoms with Crippen molar-refractivity contribution in [2.75, 3.05) is 12.4 Å². The largest absolute Gasteiger partial charge is 0.497 e. The number of carbonyl (C=O) groups excluding carboxylic acids is 1. The number of carbonyl (C=O) groups is 1. The normalized spacial score (nSPS) is 10.9. The summed E-state index contributed by atoms with van der Waals surface area (Å²) in [5.41, 5.74) is 2.65. The average molecular weight is 340 g/mol. The number of aryl methyl sites for hydroxylation is 1. The van der Waals surface area contributed by atoms with Crippen LogP contribution in [0.4, 0.5) is 5.13 Å². The molecule has 1 aromatic carbocycles. The van der Waals surface area contributed by atoms with E-state index < -0.39 is 0 Å². The molecule has 0 spiro atoms. The first-order valence-electron chi connectivity index (χ1n) is 7.22. The fourth-order valence-electron chi connectivity index (χ4n) is 2.07. The van der Waals surface area contributed by atoms with E-state index in [0.29, 0.717) is 5.13 Å². The van der Waals surface area contributed by atoms with Crippen LogP contribution >= 0.6 is 11.3 Å². The molecule has 1 amide bonds. The van der Waals surface area contributed by atoms with Gasteiger partial charge in [-0.1, -0.05) is 0 Å². The molecule has 0 saturated heterocycles. The molecule has 2 heterocycles. The van der Waals surface area contributed by atoms with Crippen LogP contribution in [0.25, 0.3) is 17.3 Å². The van der Waals surface area contributed by atoms with E-state index in [9.17, 15) is 4.79 Å². The predicted octanol–water partition coefficient (Wildman–Crippen LogP) is 3.20. The fourth-order valence-corrected chi connectivity index (χ4v) is 2.79. The Morgan fingerprint density at radius 3 is 2.79 bits per heavy atom. The van der Waals surface area contributed by atoms with Gasteiger partial charge < -0.3 is 4.74 Å². The standard InChI is InChI=1S/C17H16N4O2S/c1-21-10-12(9-18-21)3-8-16(22)20-17-19-15(11-24-17)13-4-6-14(23-2)7-5-13/h3-11H,1-2H3,(H,19,20,22)/b8-3+. The summed E-state index contributed by atoms with van der Waals surface area (Å²) in [6.45, 7) is 0. The molecule has 0 aliphatic carbocycles. The van der Waals surface area contributed by atoms with Crippen molar-refractivity contribution in [1.29, 1.82) is 0 Å². The van der Waals surface area contributed by atoms with Gasteiger partial charge in [-0.15, -0.1) is 11.3 Å². The lowest BCUT2D eigenvalue weighted by atomic mass is 10.2. The molecule has 0 unspecified atom stereocenters. The van der Waals surface area contributed by atoms with Crippen LogP contribution in [0.3, 0.4) is 0 Å². The highest BCUT2D eigenvalue weighted by atomic mass is 32.1. The van der Waals surface area contributed by atoms with Crippen LogP contribution in [0.5, 0.6) is 5.75 Å². The lowest BCUT2D eigenvalue weighted by molar-refractivity contribution is -0.111. The van der Waals surface area contributed by atoms with Gasteiger partial charge in [0.05, 0.1) is 19.0 Å². The number of anilines is 1. The molecule has 3 aromatic rings. The summed E-state index contributed by atoms with van der Waals surface area (Å²) in [7, 11) is 3.46. The fraction of sp³-hybridized carbons (Fsp3) is 0.118. The van der Waals surface area contributed by atoms with E-state index in [4.69, 9.17) is 4.74 Å². The van der Waals surface area contributed by atoms with Crippen LogP contribution in [0.2, 0.25) is 0 Å². The third kappa shape index (κ3) is 3.88. The minimum atomic E-state index is -0.227. The molecule has 122 valence electrons. The summed E-state index contributed by atoms with van der Waals surface area (Å²) < 4.78 is 6.82. The predicted molar refractivity (Wildman–Crippen MR) is 95.0 cm³/mol. The summed E-state index contributed by atoms with van der Waals surface area (Å²) in [4.78, 5) is 16.4. The van der Waals surface area contributed by atoms with Crippen LogP contribution in [0.1, 0.15) is 5.56 Å². The minimum absolute atomic E-state index is 0.227. The van der Waals surface area contributed by atoms with Crippen molar-refractivity contribution in [2.45, 2.75) is 0 Å². The van der Waals surface area contributed by atoms with Gasteiger partial charge in [0.2, 0.25) is 5.91 Å². The molecule has 0 fully saturated rings. The van der Waals surface area contributed by atoms with Gasteiger partial charge >= 0.3 is 0 Å². The van der Waals surface area contributed by atoms with Crippen molar-refractivity contribution in [3.8, 4) is 17.0 Å². The Hall–Kier alpha value is -2.93. The molecular formula is C17H16N4O2S. The van der Waals surface area contributed by atoms with Gasteiger partial charge in [-0.2, -0.15) is 5.10 Å². The Balaban J connectivity index is 1.64. The number of hydrogen-bond acceptors (Lipinski definition) is 5. The number of nitrogens with one attached hydrogen (secondary N) is 1. The van der Waals surface area contributed by atoms with Crippen molar-refractivity contribution in [3.63, 3.8) is 0 Å². The first-order chi connectivity index (χ1) is 11.6. The maximum Gasteiger partial charge on any atom is 0.250 e. The number of aromatic nitrogens is 3. The molecular weight excluding hydrogens is 324 g/mol. The second-order valence-corrected chi connectivity index (χ2v) is 5.89. The molecule has 0 radical (unpaired) electrons. The first-order valence-corrected chi connectivity index (χ1v) is 8.09. The van der Waals surface area contributed by atoms with Gasteiger partial charge in [-0.3, -0.25) is 14.8 Å². The smallest absolute Gasteiger partial charge is 0.250 e. The number of methoxy groups -OCH3 is 1. The van der Waals surface area contributed by atoms with E-state index in [2.05, 4.69) is 15.4 Å². The van der Waals surface area contributed by atoms with Crippen LogP contribution < -0.4 is 10.1 Å².